The van der Waals surface area contributed by atoms with Crippen LogP contribution in [0.2, 0.25) is 0 Å². The molecule has 0 heterocycles. The van der Waals surface area contributed by atoms with Crippen molar-refractivity contribution >= 4 is 0 Å². The highest BCUT2D eigenvalue weighted by Crippen LogP contribution is 2.71. The molecule has 0 aromatic carbocycles. The van der Waals surface area contributed by atoms with E-state index in [1.54, 1.807) is 0 Å². The van der Waals surface area contributed by atoms with E-state index in [-0.39, 0.29) is 0 Å². The Hall–Kier alpha value is 0. The lowest BCUT2D eigenvalue weighted by molar-refractivity contribution is 0.489. The molecular formula is C12H22. The summed E-state index contributed by atoms with van der Waals surface area (Å²) < 4.78 is 0. The molecule has 4 unspecified atom stereocenters. The van der Waals surface area contributed by atoms with Crippen molar-refractivity contribution in [2.75, 3.05) is 0 Å². The predicted octanol–water partition coefficient (Wildman–Crippen LogP) is 3.57. The molecular weight excluding hydrogens is 144 g/mol. The van der Waals surface area contributed by atoms with E-state index in [2.05, 4.69) is 34.6 Å². The van der Waals surface area contributed by atoms with Gasteiger partial charge in [-0.1, -0.05) is 41.0 Å². The zero-order valence-corrected chi connectivity index (χ0v) is 9.09. The van der Waals surface area contributed by atoms with E-state index in [1.807, 2.05) is 0 Å². The molecule has 4 atom stereocenters. The molecule has 0 aromatic heterocycles. The summed E-state index contributed by atoms with van der Waals surface area (Å²) >= 11 is 0. The smallest absolute Gasteiger partial charge is 0.0289 e. The van der Waals surface area contributed by atoms with Gasteiger partial charge in [-0.05, 0) is 35.0 Å². The third-order valence-electron chi connectivity index (χ3n) is 4.90. The summed E-state index contributed by atoms with van der Waals surface area (Å²) in [6.07, 6.45) is 1.40. The van der Waals surface area contributed by atoms with Gasteiger partial charge in [-0.25, -0.2) is 0 Å². The van der Waals surface area contributed by atoms with Crippen LogP contribution in [0.25, 0.3) is 0 Å². The highest BCUT2D eigenvalue weighted by molar-refractivity contribution is 5.13. The largest absolute Gasteiger partial charge is 0.0651 e. The lowest BCUT2D eigenvalue weighted by Gasteiger charge is -2.00. The average molecular weight is 166 g/mol. The van der Waals surface area contributed by atoms with Gasteiger partial charge in [0.15, 0.2) is 0 Å². The highest BCUT2D eigenvalue weighted by Gasteiger charge is 2.66. The Morgan fingerprint density at radius 3 is 1.83 bits per heavy atom. The maximum Gasteiger partial charge on any atom is -0.0289 e. The van der Waals surface area contributed by atoms with Gasteiger partial charge < -0.3 is 0 Å². The molecule has 0 amide bonds. The molecule has 0 N–H and O–H groups in total. The van der Waals surface area contributed by atoms with Crippen molar-refractivity contribution in [3.05, 3.63) is 0 Å². The summed E-state index contributed by atoms with van der Waals surface area (Å²) in [4.78, 5) is 0. The number of rotatable bonds is 2. The molecule has 12 heavy (non-hydrogen) atoms. The van der Waals surface area contributed by atoms with Crippen LogP contribution in [-0.2, 0) is 0 Å². The zero-order valence-electron chi connectivity index (χ0n) is 9.09. The van der Waals surface area contributed by atoms with Gasteiger partial charge in [0, 0.05) is 0 Å². The van der Waals surface area contributed by atoms with E-state index in [0.29, 0.717) is 5.41 Å². The van der Waals surface area contributed by atoms with Crippen molar-refractivity contribution in [3.63, 3.8) is 0 Å². The molecule has 0 bridgehead atoms. The van der Waals surface area contributed by atoms with Crippen LogP contribution < -0.4 is 0 Å². The van der Waals surface area contributed by atoms with E-state index in [9.17, 15) is 0 Å². The van der Waals surface area contributed by atoms with Gasteiger partial charge in [0.25, 0.3) is 0 Å². The molecule has 0 aliphatic heterocycles. The molecule has 0 nitrogen and oxygen atoms in total. The van der Waals surface area contributed by atoms with Gasteiger partial charge in [0.1, 0.15) is 0 Å². The first-order valence-corrected chi connectivity index (χ1v) is 5.51. The van der Waals surface area contributed by atoms with E-state index in [0.717, 1.165) is 29.6 Å². The van der Waals surface area contributed by atoms with Gasteiger partial charge in [0.05, 0.1) is 0 Å². The first kappa shape index (κ1) is 8.59. The van der Waals surface area contributed by atoms with Gasteiger partial charge in [-0.2, -0.15) is 0 Å². The zero-order chi connectivity index (χ0) is 9.09. The Balaban J connectivity index is 2.01. The lowest BCUT2D eigenvalue weighted by Crippen LogP contribution is -1.93. The summed E-state index contributed by atoms with van der Waals surface area (Å²) in [5.41, 5.74) is 0.679. The SMILES string of the molecule is CCC1C(C2C(C)C2C)C1(C)C. The van der Waals surface area contributed by atoms with E-state index in [4.69, 9.17) is 0 Å². The van der Waals surface area contributed by atoms with Crippen molar-refractivity contribution < 1.29 is 0 Å². The van der Waals surface area contributed by atoms with Crippen molar-refractivity contribution in [1.82, 2.24) is 0 Å². The monoisotopic (exact) mass is 166 g/mol. The van der Waals surface area contributed by atoms with Crippen LogP contribution in [0.4, 0.5) is 0 Å². The van der Waals surface area contributed by atoms with Gasteiger partial charge in [-0.15, -0.1) is 0 Å². The topological polar surface area (TPSA) is 0 Å². The molecule has 0 radical (unpaired) electrons. The van der Waals surface area contributed by atoms with Crippen molar-refractivity contribution in [2.24, 2.45) is 35.0 Å². The minimum atomic E-state index is 0.679. The first-order chi connectivity index (χ1) is 5.51. The van der Waals surface area contributed by atoms with Crippen LogP contribution in [0, 0.1) is 35.0 Å². The van der Waals surface area contributed by atoms with Crippen LogP contribution in [0.15, 0.2) is 0 Å². The second-order valence-electron chi connectivity index (χ2n) is 5.66. The maximum atomic E-state index is 2.46. The van der Waals surface area contributed by atoms with Gasteiger partial charge >= 0.3 is 0 Å². The number of hydrogen-bond donors (Lipinski definition) is 0. The molecule has 2 aliphatic carbocycles. The van der Waals surface area contributed by atoms with E-state index >= 15 is 0 Å². The normalized spacial score (nSPS) is 55.2. The highest BCUT2D eigenvalue weighted by atomic mass is 14.7. The fraction of sp³-hybridized carbons (Fsp3) is 1.00. The summed E-state index contributed by atoms with van der Waals surface area (Å²) in [7, 11) is 0. The Labute approximate surface area is 76.7 Å². The van der Waals surface area contributed by atoms with Crippen LogP contribution in [0.5, 0.6) is 0 Å². The fourth-order valence-electron chi connectivity index (χ4n) is 3.69. The quantitative estimate of drug-likeness (QED) is 0.588. The second-order valence-corrected chi connectivity index (χ2v) is 5.66. The Kier molecular flexibility index (Phi) is 1.63. The van der Waals surface area contributed by atoms with E-state index < -0.39 is 0 Å². The molecule has 2 rings (SSSR count). The first-order valence-electron chi connectivity index (χ1n) is 5.51. The van der Waals surface area contributed by atoms with Gasteiger partial charge in [0.2, 0.25) is 0 Å². The molecule has 2 fully saturated rings. The molecule has 0 saturated heterocycles. The predicted molar refractivity (Wildman–Crippen MR) is 52.9 cm³/mol. The Morgan fingerprint density at radius 1 is 1.08 bits per heavy atom. The summed E-state index contributed by atoms with van der Waals surface area (Å²) in [5.74, 6) is 5.21. The van der Waals surface area contributed by atoms with Crippen molar-refractivity contribution in [2.45, 2.75) is 41.0 Å². The van der Waals surface area contributed by atoms with Gasteiger partial charge in [-0.3, -0.25) is 0 Å². The minimum absolute atomic E-state index is 0.679. The Morgan fingerprint density at radius 2 is 1.58 bits per heavy atom. The lowest BCUT2D eigenvalue weighted by atomic mass is 10.1. The third-order valence-corrected chi connectivity index (χ3v) is 4.90. The number of hydrogen-bond acceptors (Lipinski definition) is 0. The summed E-state index contributed by atoms with van der Waals surface area (Å²) in [6.45, 7) is 12.1. The molecule has 2 saturated carbocycles. The summed E-state index contributed by atoms with van der Waals surface area (Å²) in [5, 5.41) is 0. The Bertz CT molecular complexity index is 184. The maximum absolute atomic E-state index is 2.46. The molecule has 0 heteroatoms. The van der Waals surface area contributed by atoms with Crippen LogP contribution >= 0.6 is 0 Å². The van der Waals surface area contributed by atoms with Crippen molar-refractivity contribution in [3.8, 4) is 0 Å². The van der Waals surface area contributed by atoms with Crippen molar-refractivity contribution in [1.29, 1.82) is 0 Å². The molecule has 0 aromatic rings. The van der Waals surface area contributed by atoms with Crippen LogP contribution in [-0.4, -0.2) is 0 Å². The van der Waals surface area contributed by atoms with Crippen LogP contribution in [0.1, 0.15) is 41.0 Å². The second kappa shape index (κ2) is 2.27. The van der Waals surface area contributed by atoms with Crippen LogP contribution in [0.3, 0.4) is 0 Å². The fourth-order valence-corrected chi connectivity index (χ4v) is 3.69. The molecule has 70 valence electrons. The summed E-state index contributed by atoms with van der Waals surface area (Å²) in [6, 6.07) is 0. The minimum Gasteiger partial charge on any atom is -0.0651 e. The third kappa shape index (κ3) is 0.900. The standard InChI is InChI=1S/C12H22/c1-6-9-11(12(9,4)5)10-7(2)8(10)3/h7-11H,6H2,1-5H3. The molecule has 2 aliphatic rings. The average Bonchev–Trinajstić information content (AvgIpc) is 2.73. The molecule has 0 spiro atoms. The van der Waals surface area contributed by atoms with E-state index in [1.165, 1.54) is 6.42 Å².